The quantitative estimate of drug-likeness (QED) is 0.576. The van der Waals surface area contributed by atoms with Crippen molar-refractivity contribution in [3.63, 3.8) is 0 Å². The van der Waals surface area contributed by atoms with Crippen molar-refractivity contribution < 1.29 is 19.1 Å². The van der Waals surface area contributed by atoms with Crippen LogP contribution in [0.25, 0.3) is 5.69 Å². The first kappa shape index (κ1) is 21.8. The number of hydrogen-bond acceptors (Lipinski definition) is 4. The zero-order chi connectivity index (χ0) is 22.4. The van der Waals surface area contributed by atoms with E-state index in [9.17, 15) is 14.4 Å². The highest BCUT2D eigenvalue weighted by atomic mass is 16.5. The van der Waals surface area contributed by atoms with E-state index in [-0.39, 0.29) is 24.8 Å². The molecule has 31 heavy (non-hydrogen) atoms. The summed E-state index contributed by atoms with van der Waals surface area (Å²) in [6.07, 6.45) is 0.128. The molecule has 0 aliphatic rings. The Bertz CT molecular complexity index is 1090. The van der Waals surface area contributed by atoms with Crippen molar-refractivity contribution >= 4 is 23.5 Å². The van der Waals surface area contributed by atoms with Gasteiger partial charge in [0.2, 0.25) is 5.91 Å². The second-order valence-corrected chi connectivity index (χ2v) is 7.14. The van der Waals surface area contributed by atoms with E-state index < -0.39 is 5.97 Å². The molecule has 2 N–H and O–H groups in total. The third-order valence-electron chi connectivity index (χ3n) is 4.92. The molecule has 0 fully saturated rings. The second-order valence-electron chi connectivity index (χ2n) is 7.14. The first-order valence-electron chi connectivity index (χ1n) is 9.87. The fourth-order valence-corrected chi connectivity index (χ4v) is 3.36. The van der Waals surface area contributed by atoms with Crippen molar-refractivity contribution in [3.8, 4) is 5.69 Å². The molecule has 2 amide bonds. The lowest BCUT2D eigenvalue weighted by molar-refractivity contribution is -0.141. The smallest absolute Gasteiger partial charge is 0.325 e. The number of nitrogens with zero attached hydrogens (tertiary/aromatic N) is 1. The fourth-order valence-electron chi connectivity index (χ4n) is 3.36. The van der Waals surface area contributed by atoms with Gasteiger partial charge in [0.05, 0.1) is 19.1 Å². The van der Waals surface area contributed by atoms with E-state index in [2.05, 4.69) is 15.4 Å². The van der Waals surface area contributed by atoms with E-state index >= 15 is 0 Å². The number of methoxy groups -OCH3 is 1. The Labute approximate surface area is 181 Å². The normalized spacial score (nSPS) is 10.4. The second kappa shape index (κ2) is 9.75. The number of ether oxygens (including phenoxy) is 1. The molecule has 2 aromatic carbocycles. The number of rotatable bonds is 7. The zero-order valence-corrected chi connectivity index (χ0v) is 17.8. The molecule has 3 rings (SSSR count). The number of anilines is 1. The number of esters is 1. The lowest BCUT2D eigenvalue weighted by Gasteiger charge is -2.10. The molecular weight excluding hydrogens is 394 g/mol. The van der Waals surface area contributed by atoms with Crippen molar-refractivity contribution in [3.05, 3.63) is 83.2 Å². The van der Waals surface area contributed by atoms with Crippen LogP contribution in [0.2, 0.25) is 0 Å². The average Bonchev–Trinajstić information content (AvgIpc) is 3.08. The molecule has 1 heterocycles. The van der Waals surface area contributed by atoms with Gasteiger partial charge >= 0.3 is 5.97 Å². The third kappa shape index (κ3) is 5.39. The summed E-state index contributed by atoms with van der Waals surface area (Å²) in [5, 5.41) is 5.40. The maximum atomic E-state index is 12.8. The molecule has 0 unspecified atom stereocenters. The number of aromatic nitrogens is 1. The number of hydrogen-bond donors (Lipinski definition) is 2. The molecule has 7 heteroatoms. The molecule has 7 nitrogen and oxygen atoms in total. The summed E-state index contributed by atoms with van der Waals surface area (Å²) < 4.78 is 6.53. The molecule has 0 bridgehead atoms. The highest BCUT2D eigenvalue weighted by Crippen LogP contribution is 2.22. The van der Waals surface area contributed by atoms with Crippen molar-refractivity contribution in [2.75, 3.05) is 19.0 Å². The van der Waals surface area contributed by atoms with Gasteiger partial charge in [0.25, 0.3) is 5.91 Å². The van der Waals surface area contributed by atoms with Gasteiger partial charge in [-0.3, -0.25) is 14.4 Å². The van der Waals surface area contributed by atoms with E-state index in [1.165, 1.54) is 7.11 Å². The van der Waals surface area contributed by atoms with Crippen LogP contribution in [0.1, 0.15) is 27.3 Å². The Morgan fingerprint density at radius 1 is 0.968 bits per heavy atom. The van der Waals surface area contributed by atoms with E-state index in [4.69, 9.17) is 0 Å². The van der Waals surface area contributed by atoms with Crippen LogP contribution >= 0.6 is 0 Å². The number of amides is 2. The first-order valence-corrected chi connectivity index (χ1v) is 9.87. The maximum Gasteiger partial charge on any atom is 0.325 e. The lowest BCUT2D eigenvalue weighted by atomic mass is 10.1. The van der Waals surface area contributed by atoms with Crippen molar-refractivity contribution in [1.29, 1.82) is 0 Å². The highest BCUT2D eigenvalue weighted by molar-refractivity contribution is 6.05. The number of para-hydroxylation sites is 1. The molecule has 0 aliphatic heterocycles. The van der Waals surface area contributed by atoms with Gasteiger partial charge in [-0.05, 0) is 49.7 Å². The summed E-state index contributed by atoms with van der Waals surface area (Å²) in [5.41, 5.74) is 4.84. The van der Waals surface area contributed by atoms with Crippen molar-refractivity contribution in [2.24, 2.45) is 0 Å². The Balaban J connectivity index is 1.65. The van der Waals surface area contributed by atoms with Crippen LogP contribution in [0.3, 0.4) is 0 Å². The highest BCUT2D eigenvalue weighted by Gasteiger charge is 2.17. The van der Waals surface area contributed by atoms with Gasteiger partial charge in [0, 0.05) is 22.8 Å². The maximum absolute atomic E-state index is 12.8. The minimum absolute atomic E-state index is 0.128. The zero-order valence-electron chi connectivity index (χ0n) is 17.8. The number of aryl methyl sites for hydroxylation is 1. The predicted molar refractivity (Wildman–Crippen MR) is 118 cm³/mol. The Morgan fingerprint density at radius 2 is 1.65 bits per heavy atom. The Kier molecular flexibility index (Phi) is 6.87. The number of carbonyl (C=O) groups is 3. The van der Waals surface area contributed by atoms with Gasteiger partial charge in [-0.15, -0.1) is 0 Å². The van der Waals surface area contributed by atoms with E-state index in [0.717, 1.165) is 22.6 Å². The van der Waals surface area contributed by atoms with E-state index in [0.29, 0.717) is 11.3 Å². The van der Waals surface area contributed by atoms with Gasteiger partial charge < -0.3 is 19.9 Å². The molecular formula is C24H25N3O4. The Hall–Kier alpha value is -3.87. The fraction of sp³-hybridized carbons (Fsp3) is 0.208. The number of carbonyl (C=O) groups excluding carboxylic acids is 3. The summed E-state index contributed by atoms with van der Waals surface area (Å²) in [4.78, 5) is 35.8. The van der Waals surface area contributed by atoms with Crippen LogP contribution < -0.4 is 10.6 Å². The summed E-state index contributed by atoms with van der Waals surface area (Å²) in [7, 11) is 1.26. The molecule has 160 valence electrons. The van der Waals surface area contributed by atoms with E-state index in [1.807, 2.05) is 54.8 Å². The van der Waals surface area contributed by atoms with E-state index in [1.54, 1.807) is 24.3 Å². The summed E-state index contributed by atoms with van der Waals surface area (Å²) in [5.74, 6) is -0.979. The Morgan fingerprint density at radius 3 is 2.29 bits per heavy atom. The molecule has 0 aliphatic carbocycles. The van der Waals surface area contributed by atoms with Crippen LogP contribution in [0.15, 0.2) is 60.7 Å². The summed E-state index contributed by atoms with van der Waals surface area (Å²) in [6.45, 7) is 3.73. The van der Waals surface area contributed by atoms with Crippen LogP contribution in [-0.4, -0.2) is 36.0 Å². The minimum Gasteiger partial charge on any atom is -0.468 e. The molecule has 3 aromatic rings. The van der Waals surface area contributed by atoms with Gasteiger partial charge in [0.1, 0.15) is 6.54 Å². The lowest BCUT2D eigenvalue weighted by Crippen LogP contribution is -2.31. The average molecular weight is 419 g/mol. The standard InChI is InChI=1S/C24H25N3O4/c1-16-13-21(17(2)27(16)20-7-5-4-6-8-20)24(30)26-19-11-9-18(10-12-19)14-22(28)25-15-23(29)31-3/h4-13H,14-15H2,1-3H3,(H,25,28)(H,26,30). The predicted octanol–water partition coefficient (Wildman–Crippen LogP) is 3.18. The molecule has 0 saturated heterocycles. The van der Waals surface area contributed by atoms with Gasteiger partial charge in [-0.25, -0.2) is 0 Å². The first-order chi connectivity index (χ1) is 14.9. The van der Waals surface area contributed by atoms with Crippen LogP contribution in [0.4, 0.5) is 5.69 Å². The topological polar surface area (TPSA) is 89.4 Å². The van der Waals surface area contributed by atoms with Gasteiger partial charge in [0.15, 0.2) is 0 Å². The minimum atomic E-state index is -0.502. The summed E-state index contributed by atoms with van der Waals surface area (Å²) >= 11 is 0. The van der Waals surface area contributed by atoms with Gasteiger partial charge in [-0.2, -0.15) is 0 Å². The molecule has 0 atom stereocenters. The van der Waals surface area contributed by atoms with Crippen LogP contribution in [-0.2, 0) is 20.7 Å². The molecule has 0 spiro atoms. The SMILES string of the molecule is COC(=O)CNC(=O)Cc1ccc(NC(=O)c2cc(C)n(-c3ccccc3)c2C)cc1. The van der Waals surface area contributed by atoms with Crippen molar-refractivity contribution in [1.82, 2.24) is 9.88 Å². The molecule has 1 aromatic heterocycles. The van der Waals surface area contributed by atoms with Crippen molar-refractivity contribution in [2.45, 2.75) is 20.3 Å². The monoisotopic (exact) mass is 419 g/mol. The van der Waals surface area contributed by atoms with Crippen LogP contribution in [0.5, 0.6) is 0 Å². The third-order valence-corrected chi connectivity index (χ3v) is 4.92. The summed E-state index contributed by atoms with van der Waals surface area (Å²) in [6, 6.07) is 18.8. The number of benzene rings is 2. The molecule has 0 radical (unpaired) electrons. The van der Waals surface area contributed by atoms with Gasteiger partial charge in [-0.1, -0.05) is 30.3 Å². The number of nitrogens with one attached hydrogen (secondary N) is 2. The van der Waals surface area contributed by atoms with Crippen LogP contribution in [0, 0.1) is 13.8 Å². The molecule has 0 saturated carbocycles. The largest absolute Gasteiger partial charge is 0.468 e.